The maximum Gasteiger partial charge on any atom is 0.333 e. The second-order valence-corrected chi connectivity index (χ2v) is 5.04. The molecule has 1 heterocycles. The lowest BCUT2D eigenvalue weighted by atomic mass is 10.1. The second-order valence-electron chi connectivity index (χ2n) is 5.04. The maximum atomic E-state index is 13.0. The third-order valence-corrected chi connectivity index (χ3v) is 3.16. The van der Waals surface area contributed by atoms with Gasteiger partial charge in [-0.2, -0.15) is 0 Å². The first-order valence-corrected chi connectivity index (χ1v) is 7.11. The van der Waals surface area contributed by atoms with Gasteiger partial charge in [0.15, 0.2) is 0 Å². The summed E-state index contributed by atoms with van der Waals surface area (Å²) in [4.78, 5) is 23.5. The molecule has 7 heteroatoms. The quantitative estimate of drug-likeness (QED) is 0.756. The van der Waals surface area contributed by atoms with Gasteiger partial charge in [0.05, 0.1) is 5.56 Å². The van der Waals surface area contributed by atoms with Crippen LogP contribution >= 0.6 is 0 Å². The Labute approximate surface area is 133 Å². The Bertz CT molecular complexity index is 712. The zero-order chi connectivity index (χ0) is 16.8. The monoisotopic (exact) mass is 319 g/mol. The van der Waals surface area contributed by atoms with E-state index in [4.69, 9.17) is 4.42 Å². The molecule has 3 amide bonds. The fourth-order valence-corrected chi connectivity index (χ4v) is 2.09. The van der Waals surface area contributed by atoms with Gasteiger partial charge in [-0.05, 0) is 44.0 Å². The molecular weight excluding hydrogens is 301 g/mol. The molecular formula is C16H18FN3O3. The number of rotatable bonds is 4. The van der Waals surface area contributed by atoms with E-state index in [0.29, 0.717) is 30.0 Å². The predicted octanol–water partition coefficient (Wildman–Crippen LogP) is 2.22. The van der Waals surface area contributed by atoms with E-state index in [1.807, 2.05) is 0 Å². The summed E-state index contributed by atoms with van der Waals surface area (Å²) in [6, 6.07) is 7.19. The zero-order valence-corrected chi connectivity index (χ0v) is 12.9. The van der Waals surface area contributed by atoms with Gasteiger partial charge in [-0.3, -0.25) is 10.2 Å². The minimum atomic E-state index is -0.548. The molecule has 0 saturated heterocycles. The molecule has 1 aromatic carbocycles. The first-order valence-electron chi connectivity index (χ1n) is 7.11. The SMILES string of the molecule is Cc1cc(C(=O)NNC(=O)NCCc2cccc(F)c2)c(C)o1. The van der Waals surface area contributed by atoms with E-state index in [1.54, 1.807) is 32.0 Å². The van der Waals surface area contributed by atoms with Gasteiger partial charge in [-0.25, -0.2) is 14.6 Å². The van der Waals surface area contributed by atoms with Crippen LogP contribution in [-0.2, 0) is 6.42 Å². The third-order valence-electron chi connectivity index (χ3n) is 3.16. The molecule has 0 bridgehead atoms. The van der Waals surface area contributed by atoms with Gasteiger partial charge in [0, 0.05) is 6.54 Å². The average molecular weight is 319 g/mol. The molecule has 6 nitrogen and oxygen atoms in total. The Balaban J connectivity index is 1.73. The van der Waals surface area contributed by atoms with E-state index in [-0.39, 0.29) is 5.82 Å². The summed E-state index contributed by atoms with van der Waals surface area (Å²) in [5.41, 5.74) is 5.68. The van der Waals surface area contributed by atoms with Crippen molar-refractivity contribution in [1.82, 2.24) is 16.2 Å². The summed E-state index contributed by atoms with van der Waals surface area (Å²) in [7, 11) is 0. The number of carbonyl (C=O) groups excluding carboxylic acids is 2. The highest BCUT2D eigenvalue weighted by Gasteiger charge is 2.13. The van der Waals surface area contributed by atoms with Crippen LogP contribution in [0.1, 0.15) is 27.4 Å². The van der Waals surface area contributed by atoms with Crippen LogP contribution in [0.5, 0.6) is 0 Å². The van der Waals surface area contributed by atoms with Crippen molar-refractivity contribution < 1.29 is 18.4 Å². The van der Waals surface area contributed by atoms with Crippen LogP contribution in [0.3, 0.4) is 0 Å². The van der Waals surface area contributed by atoms with E-state index in [2.05, 4.69) is 16.2 Å². The van der Waals surface area contributed by atoms with E-state index in [1.165, 1.54) is 12.1 Å². The molecule has 1 aromatic heterocycles. The number of hydrazine groups is 1. The van der Waals surface area contributed by atoms with Crippen LogP contribution in [0.15, 0.2) is 34.7 Å². The predicted molar refractivity (Wildman–Crippen MR) is 82.3 cm³/mol. The average Bonchev–Trinajstić information content (AvgIpc) is 2.84. The molecule has 0 aliphatic carbocycles. The number of furan rings is 1. The fraction of sp³-hybridized carbons (Fsp3) is 0.250. The number of halogens is 1. The highest BCUT2D eigenvalue weighted by Crippen LogP contribution is 2.12. The van der Waals surface area contributed by atoms with Crippen LogP contribution in [0, 0.1) is 19.7 Å². The number of urea groups is 1. The molecule has 3 N–H and O–H groups in total. The van der Waals surface area contributed by atoms with Crippen molar-refractivity contribution in [2.24, 2.45) is 0 Å². The molecule has 122 valence electrons. The molecule has 2 aromatic rings. The van der Waals surface area contributed by atoms with Crippen molar-refractivity contribution in [3.8, 4) is 0 Å². The van der Waals surface area contributed by atoms with Gasteiger partial charge >= 0.3 is 6.03 Å². The summed E-state index contributed by atoms with van der Waals surface area (Å²) < 4.78 is 18.2. The van der Waals surface area contributed by atoms with Crippen molar-refractivity contribution in [1.29, 1.82) is 0 Å². The summed E-state index contributed by atoms with van der Waals surface area (Å²) in [5, 5.41) is 2.57. The number of amides is 3. The fourth-order valence-electron chi connectivity index (χ4n) is 2.09. The molecule has 2 rings (SSSR count). The highest BCUT2D eigenvalue weighted by molar-refractivity contribution is 5.96. The molecule has 0 saturated carbocycles. The summed E-state index contributed by atoms with van der Waals surface area (Å²) >= 11 is 0. The Kier molecular flexibility index (Phi) is 5.35. The van der Waals surface area contributed by atoms with E-state index in [0.717, 1.165) is 5.56 Å². The van der Waals surface area contributed by atoms with Crippen molar-refractivity contribution in [3.05, 3.63) is 58.8 Å². The largest absolute Gasteiger partial charge is 0.466 e. The van der Waals surface area contributed by atoms with Gasteiger partial charge in [0.2, 0.25) is 0 Å². The Hall–Kier alpha value is -2.83. The minimum Gasteiger partial charge on any atom is -0.466 e. The number of benzene rings is 1. The van der Waals surface area contributed by atoms with Crippen LogP contribution in [0.25, 0.3) is 0 Å². The van der Waals surface area contributed by atoms with E-state index >= 15 is 0 Å². The molecule has 0 fully saturated rings. The lowest BCUT2D eigenvalue weighted by Crippen LogP contribution is -2.47. The van der Waals surface area contributed by atoms with E-state index in [9.17, 15) is 14.0 Å². The zero-order valence-electron chi connectivity index (χ0n) is 12.9. The molecule has 0 aliphatic rings. The maximum absolute atomic E-state index is 13.0. The Morgan fingerprint density at radius 3 is 2.61 bits per heavy atom. The van der Waals surface area contributed by atoms with Gasteiger partial charge in [-0.15, -0.1) is 0 Å². The summed E-state index contributed by atoms with van der Waals surface area (Å²) in [6.07, 6.45) is 0.485. The van der Waals surface area contributed by atoms with Gasteiger partial charge in [0.25, 0.3) is 5.91 Å². The molecule has 0 unspecified atom stereocenters. The number of aryl methyl sites for hydroxylation is 2. The topological polar surface area (TPSA) is 83.4 Å². The summed E-state index contributed by atoms with van der Waals surface area (Å²) in [6.45, 7) is 3.71. The molecule has 0 atom stereocenters. The smallest absolute Gasteiger partial charge is 0.333 e. The highest BCUT2D eigenvalue weighted by atomic mass is 19.1. The Morgan fingerprint density at radius 2 is 1.96 bits per heavy atom. The van der Waals surface area contributed by atoms with Crippen molar-refractivity contribution in [2.45, 2.75) is 20.3 Å². The van der Waals surface area contributed by atoms with Crippen molar-refractivity contribution in [3.63, 3.8) is 0 Å². The molecule has 0 radical (unpaired) electrons. The van der Waals surface area contributed by atoms with Crippen LogP contribution in [0.4, 0.5) is 9.18 Å². The number of hydrogen-bond acceptors (Lipinski definition) is 3. The van der Waals surface area contributed by atoms with Gasteiger partial charge < -0.3 is 9.73 Å². The Morgan fingerprint density at radius 1 is 1.17 bits per heavy atom. The molecule has 0 spiro atoms. The number of nitrogens with one attached hydrogen (secondary N) is 3. The van der Waals surface area contributed by atoms with Gasteiger partial charge in [0.1, 0.15) is 17.3 Å². The molecule has 23 heavy (non-hydrogen) atoms. The standard InChI is InChI=1S/C16H18FN3O3/c1-10-8-14(11(2)23-10)15(21)19-20-16(22)18-7-6-12-4-3-5-13(17)9-12/h3-5,8-9H,6-7H2,1-2H3,(H,19,21)(H2,18,20,22). The lowest BCUT2D eigenvalue weighted by Gasteiger charge is -2.08. The number of hydrogen-bond donors (Lipinski definition) is 3. The normalized spacial score (nSPS) is 10.2. The number of carbonyl (C=O) groups is 2. The minimum absolute atomic E-state index is 0.314. The van der Waals surface area contributed by atoms with Gasteiger partial charge in [-0.1, -0.05) is 12.1 Å². The lowest BCUT2D eigenvalue weighted by molar-refractivity contribution is 0.0934. The first kappa shape index (κ1) is 16.5. The van der Waals surface area contributed by atoms with Crippen LogP contribution in [-0.4, -0.2) is 18.5 Å². The van der Waals surface area contributed by atoms with Crippen molar-refractivity contribution in [2.75, 3.05) is 6.54 Å². The molecule has 0 aliphatic heterocycles. The van der Waals surface area contributed by atoms with Crippen LogP contribution < -0.4 is 16.2 Å². The second kappa shape index (κ2) is 7.44. The van der Waals surface area contributed by atoms with Crippen molar-refractivity contribution >= 4 is 11.9 Å². The van der Waals surface area contributed by atoms with Crippen LogP contribution in [0.2, 0.25) is 0 Å². The summed E-state index contributed by atoms with van der Waals surface area (Å²) in [5.74, 6) is 0.324. The van der Waals surface area contributed by atoms with E-state index < -0.39 is 11.9 Å². The third kappa shape index (κ3) is 4.84. The first-order chi connectivity index (χ1) is 11.0.